The van der Waals surface area contributed by atoms with Gasteiger partial charge in [-0.1, -0.05) is 49.4 Å². The van der Waals surface area contributed by atoms with Crippen LogP contribution in [0.5, 0.6) is 0 Å². The van der Waals surface area contributed by atoms with E-state index in [4.69, 9.17) is 0 Å². The second-order valence-electron chi connectivity index (χ2n) is 6.17. The first kappa shape index (κ1) is 15.8. The number of fused-ring (bicyclic) bond motifs is 1. The number of aryl methyl sites for hydroxylation is 2. The SMILES string of the molecule is CCc1cccc(C)c1NC(=O)CC1NCCc2ccccc21. The van der Waals surface area contributed by atoms with E-state index in [1.165, 1.54) is 16.7 Å². The number of benzene rings is 2. The normalized spacial score (nSPS) is 16.7. The van der Waals surface area contributed by atoms with Gasteiger partial charge >= 0.3 is 0 Å². The van der Waals surface area contributed by atoms with Crippen molar-refractivity contribution in [3.8, 4) is 0 Å². The molecule has 0 fully saturated rings. The number of hydrogen-bond donors (Lipinski definition) is 2. The van der Waals surface area contributed by atoms with E-state index in [0.29, 0.717) is 6.42 Å². The van der Waals surface area contributed by atoms with Crippen molar-refractivity contribution in [2.75, 3.05) is 11.9 Å². The number of anilines is 1. The van der Waals surface area contributed by atoms with E-state index in [0.717, 1.165) is 30.6 Å². The minimum absolute atomic E-state index is 0.0724. The molecule has 0 aliphatic carbocycles. The van der Waals surface area contributed by atoms with Gasteiger partial charge in [0.15, 0.2) is 0 Å². The van der Waals surface area contributed by atoms with Gasteiger partial charge in [0.1, 0.15) is 0 Å². The van der Waals surface area contributed by atoms with Crippen molar-refractivity contribution in [3.63, 3.8) is 0 Å². The molecule has 23 heavy (non-hydrogen) atoms. The average Bonchev–Trinajstić information content (AvgIpc) is 2.57. The summed E-state index contributed by atoms with van der Waals surface area (Å²) >= 11 is 0. The van der Waals surface area contributed by atoms with E-state index in [1.807, 2.05) is 25.1 Å². The van der Waals surface area contributed by atoms with Crippen LogP contribution in [0.2, 0.25) is 0 Å². The van der Waals surface area contributed by atoms with Crippen LogP contribution in [-0.4, -0.2) is 12.5 Å². The third-order valence-corrected chi connectivity index (χ3v) is 4.61. The third-order valence-electron chi connectivity index (χ3n) is 4.61. The molecule has 2 aromatic rings. The molecule has 0 spiro atoms. The van der Waals surface area contributed by atoms with Crippen LogP contribution in [0.1, 0.15) is 41.6 Å². The van der Waals surface area contributed by atoms with Crippen molar-refractivity contribution in [3.05, 3.63) is 64.7 Å². The van der Waals surface area contributed by atoms with Gasteiger partial charge in [-0.2, -0.15) is 0 Å². The number of carbonyl (C=O) groups excluding carboxylic acids is 1. The van der Waals surface area contributed by atoms with Gasteiger partial charge in [-0.25, -0.2) is 0 Å². The van der Waals surface area contributed by atoms with Gasteiger partial charge in [0.2, 0.25) is 5.91 Å². The van der Waals surface area contributed by atoms with Crippen LogP contribution in [0, 0.1) is 6.92 Å². The Labute approximate surface area is 138 Å². The van der Waals surface area contributed by atoms with E-state index in [2.05, 4.69) is 41.8 Å². The van der Waals surface area contributed by atoms with Crippen molar-refractivity contribution in [1.29, 1.82) is 0 Å². The van der Waals surface area contributed by atoms with Gasteiger partial charge in [-0.3, -0.25) is 4.79 Å². The number of para-hydroxylation sites is 1. The van der Waals surface area contributed by atoms with Crippen molar-refractivity contribution in [1.82, 2.24) is 5.32 Å². The molecule has 1 aliphatic heterocycles. The lowest BCUT2D eigenvalue weighted by molar-refractivity contribution is -0.116. The molecule has 2 aromatic carbocycles. The Hall–Kier alpha value is -2.13. The zero-order chi connectivity index (χ0) is 16.2. The zero-order valence-electron chi connectivity index (χ0n) is 13.9. The molecule has 0 aromatic heterocycles. The largest absolute Gasteiger partial charge is 0.326 e. The number of rotatable bonds is 4. The lowest BCUT2D eigenvalue weighted by Crippen LogP contribution is -2.32. The summed E-state index contributed by atoms with van der Waals surface area (Å²) in [5, 5.41) is 6.60. The fraction of sp³-hybridized carbons (Fsp3) is 0.350. The smallest absolute Gasteiger partial charge is 0.226 e. The molecular weight excluding hydrogens is 284 g/mol. The molecule has 3 nitrogen and oxygen atoms in total. The van der Waals surface area contributed by atoms with Crippen LogP contribution in [0.15, 0.2) is 42.5 Å². The number of carbonyl (C=O) groups is 1. The van der Waals surface area contributed by atoms with E-state index >= 15 is 0 Å². The number of amides is 1. The molecule has 0 radical (unpaired) electrons. The van der Waals surface area contributed by atoms with Crippen molar-refractivity contribution in [2.24, 2.45) is 0 Å². The Morgan fingerprint density at radius 2 is 2.04 bits per heavy atom. The Balaban J connectivity index is 1.74. The Kier molecular flexibility index (Phi) is 4.77. The third kappa shape index (κ3) is 3.45. The lowest BCUT2D eigenvalue weighted by Gasteiger charge is -2.26. The Bertz CT molecular complexity index is 709. The highest BCUT2D eigenvalue weighted by molar-refractivity contribution is 5.92. The molecule has 1 aliphatic rings. The first-order chi connectivity index (χ1) is 11.2. The van der Waals surface area contributed by atoms with E-state index in [9.17, 15) is 4.79 Å². The van der Waals surface area contributed by atoms with Gasteiger partial charge in [0.25, 0.3) is 0 Å². The summed E-state index contributed by atoms with van der Waals surface area (Å²) in [6, 6.07) is 14.7. The Morgan fingerprint density at radius 3 is 2.87 bits per heavy atom. The lowest BCUT2D eigenvalue weighted by atomic mass is 9.92. The maximum atomic E-state index is 12.6. The summed E-state index contributed by atoms with van der Waals surface area (Å²) in [6.07, 6.45) is 2.42. The Morgan fingerprint density at radius 1 is 1.22 bits per heavy atom. The molecule has 120 valence electrons. The fourth-order valence-electron chi connectivity index (χ4n) is 3.35. The summed E-state index contributed by atoms with van der Waals surface area (Å²) < 4.78 is 0. The molecule has 0 saturated carbocycles. The van der Waals surface area contributed by atoms with Crippen LogP contribution in [0.25, 0.3) is 0 Å². The summed E-state index contributed by atoms with van der Waals surface area (Å²) in [5.41, 5.74) is 5.90. The molecule has 0 saturated heterocycles. The molecule has 1 atom stereocenters. The summed E-state index contributed by atoms with van der Waals surface area (Å²) in [6.45, 7) is 5.09. The predicted octanol–water partition coefficient (Wildman–Crippen LogP) is 3.77. The van der Waals surface area contributed by atoms with Crippen molar-refractivity contribution in [2.45, 2.75) is 39.2 Å². The highest BCUT2D eigenvalue weighted by atomic mass is 16.1. The van der Waals surface area contributed by atoms with Gasteiger partial charge in [0.05, 0.1) is 0 Å². The van der Waals surface area contributed by atoms with Gasteiger partial charge in [-0.15, -0.1) is 0 Å². The summed E-state index contributed by atoms with van der Waals surface area (Å²) in [7, 11) is 0. The first-order valence-corrected chi connectivity index (χ1v) is 8.38. The predicted molar refractivity (Wildman–Crippen MR) is 94.7 cm³/mol. The van der Waals surface area contributed by atoms with E-state index in [-0.39, 0.29) is 11.9 Å². The highest BCUT2D eigenvalue weighted by Gasteiger charge is 2.22. The minimum Gasteiger partial charge on any atom is -0.326 e. The van der Waals surface area contributed by atoms with Crippen LogP contribution in [0.4, 0.5) is 5.69 Å². The van der Waals surface area contributed by atoms with Gasteiger partial charge in [-0.05, 0) is 48.6 Å². The zero-order valence-corrected chi connectivity index (χ0v) is 13.9. The molecule has 3 heteroatoms. The maximum absolute atomic E-state index is 12.6. The average molecular weight is 308 g/mol. The molecule has 2 N–H and O–H groups in total. The first-order valence-electron chi connectivity index (χ1n) is 8.38. The van der Waals surface area contributed by atoms with Crippen LogP contribution >= 0.6 is 0 Å². The second-order valence-corrected chi connectivity index (χ2v) is 6.17. The van der Waals surface area contributed by atoms with Gasteiger partial charge < -0.3 is 10.6 Å². The van der Waals surface area contributed by atoms with Crippen molar-refractivity contribution < 1.29 is 4.79 Å². The molecule has 1 heterocycles. The van der Waals surface area contributed by atoms with E-state index < -0.39 is 0 Å². The van der Waals surface area contributed by atoms with Crippen molar-refractivity contribution >= 4 is 11.6 Å². The second kappa shape index (κ2) is 6.97. The number of nitrogens with one attached hydrogen (secondary N) is 2. The molecule has 0 bridgehead atoms. The fourth-order valence-corrected chi connectivity index (χ4v) is 3.35. The highest BCUT2D eigenvalue weighted by Crippen LogP contribution is 2.27. The minimum atomic E-state index is 0.0724. The summed E-state index contributed by atoms with van der Waals surface area (Å²) in [4.78, 5) is 12.6. The monoisotopic (exact) mass is 308 g/mol. The van der Waals surface area contributed by atoms with Crippen LogP contribution in [0.3, 0.4) is 0 Å². The molecule has 1 unspecified atom stereocenters. The topological polar surface area (TPSA) is 41.1 Å². The molecular formula is C20H24N2O. The molecule has 1 amide bonds. The van der Waals surface area contributed by atoms with Crippen LogP contribution in [-0.2, 0) is 17.6 Å². The number of hydrogen-bond acceptors (Lipinski definition) is 2. The van der Waals surface area contributed by atoms with Gasteiger partial charge in [0, 0.05) is 18.2 Å². The van der Waals surface area contributed by atoms with E-state index in [1.54, 1.807) is 0 Å². The van der Waals surface area contributed by atoms with Crippen LogP contribution < -0.4 is 10.6 Å². The quantitative estimate of drug-likeness (QED) is 0.902. The summed E-state index contributed by atoms with van der Waals surface area (Å²) in [5.74, 6) is 0.0724. The molecule has 3 rings (SSSR count). The standard InChI is InChI=1S/C20H24N2O/c1-3-15-9-6-7-14(2)20(15)22-19(23)13-18-17-10-5-4-8-16(17)11-12-21-18/h4-10,18,21H,3,11-13H2,1-2H3,(H,22,23). The maximum Gasteiger partial charge on any atom is 0.226 e.